The van der Waals surface area contributed by atoms with Crippen molar-refractivity contribution >= 4 is 11.8 Å². The molecule has 0 bridgehead atoms. The van der Waals surface area contributed by atoms with Crippen molar-refractivity contribution in [3.8, 4) is 23.0 Å². The Morgan fingerprint density at radius 2 is 1.19 bits per heavy atom. The number of nitrogens with one attached hydrogen (secondary N) is 2. The van der Waals surface area contributed by atoms with Gasteiger partial charge in [-0.1, -0.05) is 0 Å². The summed E-state index contributed by atoms with van der Waals surface area (Å²) in [4.78, 5) is 24.1. The first kappa shape index (κ1) is 18.9. The number of hydrogen-bond acceptors (Lipinski definition) is 6. The van der Waals surface area contributed by atoms with Crippen LogP contribution in [0.4, 0.5) is 0 Å². The van der Waals surface area contributed by atoms with Gasteiger partial charge in [0.25, 0.3) is 11.8 Å². The number of aromatic hydroxyl groups is 2. The van der Waals surface area contributed by atoms with E-state index >= 15 is 0 Å². The molecule has 8 nitrogen and oxygen atoms in total. The van der Waals surface area contributed by atoms with Crippen molar-refractivity contribution in [1.29, 1.82) is 0 Å². The number of phenolic OH excluding ortho intramolecular Hbond substituents is 2. The Kier molecular flexibility index (Phi) is 6.26. The molecule has 0 fully saturated rings. The molecule has 0 aliphatic rings. The van der Waals surface area contributed by atoms with E-state index in [2.05, 4.69) is 10.6 Å². The minimum atomic E-state index is -0.478. The van der Waals surface area contributed by atoms with Gasteiger partial charge in [0.1, 0.15) is 23.0 Å². The Morgan fingerprint density at radius 1 is 0.769 bits per heavy atom. The van der Waals surface area contributed by atoms with Crippen LogP contribution < -0.4 is 20.1 Å². The molecule has 0 unspecified atom stereocenters. The van der Waals surface area contributed by atoms with Crippen molar-refractivity contribution in [3.63, 3.8) is 0 Å². The summed E-state index contributed by atoms with van der Waals surface area (Å²) < 4.78 is 10.2. The van der Waals surface area contributed by atoms with E-state index in [-0.39, 0.29) is 36.1 Å². The van der Waals surface area contributed by atoms with Crippen LogP contribution in [0.25, 0.3) is 0 Å². The summed E-state index contributed by atoms with van der Waals surface area (Å²) >= 11 is 0. The van der Waals surface area contributed by atoms with Crippen molar-refractivity contribution in [2.24, 2.45) is 0 Å². The number of ether oxygens (including phenoxy) is 2. The molecule has 0 atom stereocenters. The van der Waals surface area contributed by atoms with Gasteiger partial charge in [-0.2, -0.15) is 0 Å². The van der Waals surface area contributed by atoms with Crippen molar-refractivity contribution < 1.29 is 29.3 Å². The average molecular weight is 360 g/mol. The summed E-state index contributed by atoms with van der Waals surface area (Å²) in [5.41, 5.74) is 0.483. The molecule has 0 saturated heterocycles. The molecule has 0 saturated carbocycles. The lowest BCUT2D eigenvalue weighted by molar-refractivity contribution is 0.0927. The first-order chi connectivity index (χ1) is 12.4. The lowest BCUT2D eigenvalue weighted by Crippen LogP contribution is -2.34. The number of benzene rings is 2. The van der Waals surface area contributed by atoms with Gasteiger partial charge in [-0.25, -0.2) is 0 Å². The zero-order chi connectivity index (χ0) is 19.1. The molecule has 0 spiro atoms. The van der Waals surface area contributed by atoms with Gasteiger partial charge in [-0.3, -0.25) is 9.59 Å². The second-order valence-electron chi connectivity index (χ2n) is 5.35. The average Bonchev–Trinajstić information content (AvgIpc) is 2.63. The maximum Gasteiger partial charge on any atom is 0.251 e. The van der Waals surface area contributed by atoms with E-state index in [1.165, 1.54) is 26.4 Å². The molecule has 0 radical (unpaired) electrons. The van der Waals surface area contributed by atoms with Gasteiger partial charge in [0, 0.05) is 36.3 Å². The van der Waals surface area contributed by atoms with Gasteiger partial charge < -0.3 is 30.3 Å². The molecule has 4 N–H and O–H groups in total. The van der Waals surface area contributed by atoms with E-state index in [1.54, 1.807) is 18.2 Å². The maximum absolute atomic E-state index is 12.2. The summed E-state index contributed by atoms with van der Waals surface area (Å²) in [7, 11) is 2.98. The Labute approximate surface area is 150 Å². The first-order valence-corrected chi connectivity index (χ1v) is 7.75. The SMILES string of the molecule is COc1cc(OC)cc(C(=O)NCCNC(=O)c2cc(O)cc(O)c2)c1. The third-order valence-electron chi connectivity index (χ3n) is 3.47. The number of amides is 2. The van der Waals surface area contributed by atoms with Gasteiger partial charge in [-0.15, -0.1) is 0 Å². The molecule has 2 aromatic rings. The molecule has 8 heteroatoms. The molecule has 138 valence electrons. The number of rotatable bonds is 7. The van der Waals surface area contributed by atoms with Crippen LogP contribution in [-0.4, -0.2) is 49.3 Å². The Hall–Kier alpha value is -3.42. The van der Waals surface area contributed by atoms with Crippen molar-refractivity contribution in [1.82, 2.24) is 10.6 Å². The van der Waals surface area contributed by atoms with E-state index in [9.17, 15) is 19.8 Å². The quantitative estimate of drug-likeness (QED) is 0.553. The normalized spacial score (nSPS) is 10.1. The summed E-state index contributed by atoms with van der Waals surface area (Å²) in [6, 6.07) is 8.39. The fourth-order valence-corrected chi connectivity index (χ4v) is 2.22. The second-order valence-corrected chi connectivity index (χ2v) is 5.35. The topological polar surface area (TPSA) is 117 Å². The van der Waals surface area contributed by atoms with Crippen molar-refractivity contribution in [2.45, 2.75) is 0 Å². The predicted octanol–water partition coefficient (Wildman–Crippen LogP) is 1.27. The molecule has 0 heterocycles. The van der Waals surface area contributed by atoms with Crippen LogP contribution >= 0.6 is 0 Å². The Morgan fingerprint density at radius 3 is 1.62 bits per heavy atom. The largest absolute Gasteiger partial charge is 0.508 e. The lowest BCUT2D eigenvalue weighted by atomic mass is 10.2. The van der Waals surface area contributed by atoms with Crippen LogP contribution in [0.3, 0.4) is 0 Å². The van der Waals surface area contributed by atoms with Crippen LogP contribution in [0.2, 0.25) is 0 Å². The third kappa shape index (κ3) is 5.04. The second kappa shape index (κ2) is 8.61. The Bertz CT molecular complexity index is 764. The highest BCUT2D eigenvalue weighted by molar-refractivity contribution is 5.96. The van der Waals surface area contributed by atoms with Crippen LogP contribution in [0, 0.1) is 0 Å². The minimum absolute atomic E-state index is 0.117. The van der Waals surface area contributed by atoms with Gasteiger partial charge in [-0.05, 0) is 24.3 Å². The molecule has 0 aliphatic heterocycles. The molecule has 0 aliphatic carbocycles. The molecule has 0 aromatic heterocycles. The molecule has 2 amide bonds. The summed E-state index contributed by atoms with van der Waals surface area (Å²) in [5, 5.41) is 24.0. The fraction of sp³-hybridized carbons (Fsp3) is 0.222. The standard InChI is InChI=1S/C18H20N2O6/c1-25-15-7-12(8-16(10-15)26-2)18(24)20-4-3-19-17(23)11-5-13(21)9-14(22)6-11/h5-10,21-22H,3-4H2,1-2H3,(H,19,23)(H,20,24). The van der Waals surface area contributed by atoms with E-state index in [0.717, 1.165) is 6.07 Å². The highest BCUT2D eigenvalue weighted by Crippen LogP contribution is 2.22. The third-order valence-corrected chi connectivity index (χ3v) is 3.47. The summed E-state index contributed by atoms with van der Waals surface area (Å²) in [6.45, 7) is 0.358. The minimum Gasteiger partial charge on any atom is -0.508 e. The molecule has 26 heavy (non-hydrogen) atoms. The fourth-order valence-electron chi connectivity index (χ4n) is 2.22. The zero-order valence-electron chi connectivity index (χ0n) is 14.4. The number of carbonyl (C=O) groups excluding carboxylic acids is 2. The number of phenols is 2. The first-order valence-electron chi connectivity index (χ1n) is 7.75. The molecule has 2 rings (SSSR count). The molecular formula is C18H20N2O6. The highest BCUT2D eigenvalue weighted by Gasteiger charge is 2.11. The van der Waals surface area contributed by atoms with E-state index in [0.29, 0.717) is 17.1 Å². The monoisotopic (exact) mass is 360 g/mol. The smallest absolute Gasteiger partial charge is 0.251 e. The number of hydrogen-bond donors (Lipinski definition) is 4. The van der Waals surface area contributed by atoms with Crippen molar-refractivity contribution in [3.05, 3.63) is 47.5 Å². The zero-order valence-corrected chi connectivity index (χ0v) is 14.4. The molecular weight excluding hydrogens is 340 g/mol. The van der Waals surface area contributed by atoms with E-state index < -0.39 is 5.91 Å². The van der Waals surface area contributed by atoms with Crippen LogP contribution in [-0.2, 0) is 0 Å². The highest BCUT2D eigenvalue weighted by atomic mass is 16.5. The van der Waals surface area contributed by atoms with E-state index in [1.807, 2.05) is 0 Å². The Balaban J connectivity index is 1.87. The summed E-state index contributed by atoms with van der Waals surface area (Å²) in [6.07, 6.45) is 0. The van der Waals surface area contributed by atoms with Gasteiger partial charge >= 0.3 is 0 Å². The molecule has 2 aromatic carbocycles. The lowest BCUT2D eigenvalue weighted by Gasteiger charge is -2.10. The maximum atomic E-state index is 12.2. The van der Waals surface area contributed by atoms with E-state index in [4.69, 9.17) is 9.47 Å². The number of methoxy groups -OCH3 is 2. The van der Waals surface area contributed by atoms with Crippen LogP contribution in [0.15, 0.2) is 36.4 Å². The van der Waals surface area contributed by atoms with Crippen LogP contribution in [0.1, 0.15) is 20.7 Å². The van der Waals surface area contributed by atoms with Gasteiger partial charge in [0.05, 0.1) is 14.2 Å². The van der Waals surface area contributed by atoms with Gasteiger partial charge in [0.2, 0.25) is 0 Å². The van der Waals surface area contributed by atoms with Crippen LogP contribution in [0.5, 0.6) is 23.0 Å². The predicted molar refractivity (Wildman–Crippen MR) is 94.0 cm³/mol. The van der Waals surface area contributed by atoms with Crippen molar-refractivity contribution in [2.75, 3.05) is 27.3 Å². The summed E-state index contributed by atoms with van der Waals surface area (Å²) in [5.74, 6) is -0.260. The van der Waals surface area contributed by atoms with Gasteiger partial charge in [0.15, 0.2) is 0 Å². The number of carbonyl (C=O) groups is 2.